The van der Waals surface area contributed by atoms with Gasteiger partial charge in [0.25, 0.3) is 0 Å². The van der Waals surface area contributed by atoms with Crippen molar-refractivity contribution in [3.05, 3.63) is 107 Å². The highest BCUT2D eigenvalue weighted by Crippen LogP contribution is 2.33. The van der Waals surface area contributed by atoms with Crippen molar-refractivity contribution in [2.75, 3.05) is 37.9 Å². The molecule has 0 aliphatic carbocycles. The molecule has 48 heavy (non-hydrogen) atoms. The minimum absolute atomic E-state index is 0.0314. The van der Waals surface area contributed by atoms with E-state index in [9.17, 15) is 20.1 Å². The van der Waals surface area contributed by atoms with E-state index in [0.717, 1.165) is 41.0 Å². The predicted octanol–water partition coefficient (Wildman–Crippen LogP) is 5.70. The van der Waals surface area contributed by atoms with Gasteiger partial charge in [0.2, 0.25) is 5.91 Å². The van der Waals surface area contributed by atoms with Crippen molar-refractivity contribution in [2.45, 2.75) is 57.8 Å². The minimum Gasteiger partial charge on any atom is -0.506 e. The molecule has 0 fully saturated rings. The molecule has 0 saturated heterocycles. The van der Waals surface area contributed by atoms with Gasteiger partial charge in [-0.3, -0.25) is 4.79 Å². The number of ether oxygens (including phenoxy) is 2. The van der Waals surface area contributed by atoms with E-state index in [4.69, 9.17) is 9.47 Å². The Hall–Kier alpha value is -4.77. The molecular formula is C38H48N4O6. The second-order valence-electron chi connectivity index (χ2n) is 12.2. The molecule has 7 N–H and O–H groups in total. The van der Waals surface area contributed by atoms with Crippen molar-refractivity contribution in [1.82, 2.24) is 10.6 Å². The lowest BCUT2D eigenvalue weighted by Gasteiger charge is -2.25. The molecule has 0 aromatic heterocycles. The van der Waals surface area contributed by atoms with Crippen LogP contribution in [0.5, 0.6) is 23.0 Å². The average Bonchev–Trinajstić information content (AvgIpc) is 3.07. The molecule has 0 aliphatic heterocycles. The lowest BCUT2D eigenvalue weighted by Crippen LogP contribution is -2.34. The van der Waals surface area contributed by atoms with Crippen molar-refractivity contribution in [2.24, 2.45) is 0 Å². The summed E-state index contributed by atoms with van der Waals surface area (Å²) < 4.78 is 10.5. The molecule has 4 unspecified atom stereocenters. The van der Waals surface area contributed by atoms with Gasteiger partial charge in [-0.1, -0.05) is 36.4 Å². The number of aliphatic hydroxyl groups excluding tert-OH is 1. The second-order valence-corrected chi connectivity index (χ2v) is 12.2. The first kappa shape index (κ1) is 36.1. The fourth-order valence-corrected chi connectivity index (χ4v) is 5.50. The third-order valence-electron chi connectivity index (χ3n) is 8.20. The highest BCUT2D eigenvalue weighted by atomic mass is 16.5. The molecule has 4 aromatic rings. The van der Waals surface area contributed by atoms with Crippen LogP contribution in [-0.4, -0.2) is 60.6 Å². The number of hydrogen-bond donors (Lipinski definition) is 7. The summed E-state index contributed by atoms with van der Waals surface area (Å²) in [7, 11) is 3.29. The fourth-order valence-electron chi connectivity index (χ4n) is 5.50. The van der Waals surface area contributed by atoms with E-state index in [1.54, 1.807) is 44.6 Å². The fraction of sp³-hybridized carbons (Fsp3) is 0.342. The first-order valence-corrected chi connectivity index (χ1v) is 16.1. The Morgan fingerprint density at radius 1 is 0.688 bits per heavy atom. The summed E-state index contributed by atoms with van der Waals surface area (Å²) in [4.78, 5) is 11.8. The quantitative estimate of drug-likeness (QED) is 0.0712. The molecule has 4 rings (SSSR count). The normalized spacial score (nSPS) is 13.6. The lowest BCUT2D eigenvalue weighted by molar-refractivity contribution is -0.114. The van der Waals surface area contributed by atoms with E-state index in [1.807, 2.05) is 48.5 Å². The molecule has 0 radical (unpaired) electrons. The Bertz CT molecular complexity index is 1610. The van der Waals surface area contributed by atoms with Crippen LogP contribution in [0, 0.1) is 0 Å². The summed E-state index contributed by atoms with van der Waals surface area (Å²) in [6, 6.07) is 25.8. The Labute approximate surface area is 283 Å². The van der Waals surface area contributed by atoms with E-state index < -0.39 is 6.10 Å². The zero-order valence-corrected chi connectivity index (χ0v) is 28.3. The van der Waals surface area contributed by atoms with Gasteiger partial charge in [-0.05, 0) is 97.5 Å². The standard InChI is InChI=1S/C38H48N4O6/c1-24(18-27-6-12-31(47-4)13-7-27)39-22-35(29-10-16-36(44)33(20-29)41-26(3)43)42-34-21-30(11-17-37(34)45)38(46)23-40-25(2)19-28-8-14-32(48-5)15-9-28/h6-17,20-21,24-25,35,38-40,42,44-46H,18-19,22-23H2,1-5H3,(H,41,43). The summed E-state index contributed by atoms with van der Waals surface area (Å²) in [6.45, 7) is 6.33. The van der Waals surface area contributed by atoms with Gasteiger partial charge in [0, 0.05) is 32.1 Å². The number of aliphatic hydroxyl groups is 1. The maximum absolute atomic E-state index is 11.8. The van der Waals surface area contributed by atoms with Gasteiger partial charge >= 0.3 is 0 Å². The minimum atomic E-state index is -0.814. The van der Waals surface area contributed by atoms with Crippen LogP contribution in [0.2, 0.25) is 0 Å². The molecule has 4 aromatic carbocycles. The molecular weight excluding hydrogens is 608 g/mol. The van der Waals surface area contributed by atoms with Crippen molar-refractivity contribution in [3.63, 3.8) is 0 Å². The van der Waals surface area contributed by atoms with Gasteiger partial charge in [0.05, 0.1) is 37.7 Å². The molecule has 0 heterocycles. The van der Waals surface area contributed by atoms with Gasteiger partial charge in [-0.2, -0.15) is 0 Å². The first-order chi connectivity index (χ1) is 23.0. The maximum Gasteiger partial charge on any atom is 0.221 e. The van der Waals surface area contributed by atoms with Gasteiger partial charge in [-0.25, -0.2) is 0 Å². The van der Waals surface area contributed by atoms with Crippen LogP contribution >= 0.6 is 0 Å². The number of methoxy groups -OCH3 is 2. The van der Waals surface area contributed by atoms with E-state index in [0.29, 0.717) is 30.0 Å². The SMILES string of the molecule is COc1ccc(CC(C)NCC(O)c2ccc(O)c(NC(CNC(C)Cc3ccc(OC)cc3)c3ccc(O)c(NC(C)=O)c3)c2)cc1. The number of carbonyl (C=O) groups excluding carboxylic acids is 1. The number of amides is 1. The number of carbonyl (C=O) groups is 1. The number of hydrogen-bond acceptors (Lipinski definition) is 9. The molecule has 0 bridgehead atoms. The number of aromatic hydroxyl groups is 2. The molecule has 0 aliphatic rings. The van der Waals surface area contributed by atoms with Crippen molar-refractivity contribution in [3.8, 4) is 23.0 Å². The smallest absolute Gasteiger partial charge is 0.221 e. The molecule has 10 heteroatoms. The molecule has 256 valence electrons. The van der Waals surface area contributed by atoms with Gasteiger partial charge in [0.1, 0.15) is 23.0 Å². The average molecular weight is 657 g/mol. The topological polar surface area (TPSA) is 144 Å². The third kappa shape index (κ3) is 10.6. The Morgan fingerprint density at radius 3 is 1.69 bits per heavy atom. The number of anilines is 2. The highest BCUT2D eigenvalue weighted by Gasteiger charge is 2.19. The van der Waals surface area contributed by atoms with Gasteiger partial charge in [0.15, 0.2) is 0 Å². The summed E-state index contributed by atoms with van der Waals surface area (Å²) in [5.41, 5.74) is 4.48. The second kappa shape index (κ2) is 17.4. The highest BCUT2D eigenvalue weighted by molar-refractivity contribution is 5.90. The van der Waals surface area contributed by atoms with Crippen LogP contribution in [0.15, 0.2) is 84.9 Å². The Morgan fingerprint density at radius 2 is 1.17 bits per heavy atom. The van der Waals surface area contributed by atoms with E-state index in [-0.39, 0.29) is 35.5 Å². The summed E-state index contributed by atoms with van der Waals surface area (Å²) in [5.74, 6) is 1.30. The molecule has 0 spiro atoms. The van der Waals surface area contributed by atoms with Crippen LogP contribution < -0.4 is 30.7 Å². The number of rotatable bonds is 17. The maximum atomic E-state index is 11.8. The molecule has 0 saturated carbocycles. The Balaban J connectivity index is 1.47. The predicted molar refractivity (Wildman–Crippen MR) is 190 cm³/mol. The number of phenolic OH excluding ortho intramolecular Hbond substituents is 2. The van der Waals surface area contributed by atoms with Crippen LogP contribution in [0.25, 0.3) is 0 Å². The van der Waals surface area contributed by atoms with E-state index >= 15 is 0 Å². The molecule has 4 atom stereocenters. The summed E-state index contributed by atoms with van der Waals surface area (Å²) in [6.07, 6.45) is 0.753. The lowest BCUT2D eigenvalue weighted by atomic mass is 10.0. The largest absolute Gasteiger partial charge is 0.506 e. The number of nitrogens with one attached hydrogen (secondary N) is 4. The zero-order chi connectivity index (χ0) is 34.6. The summed E-state index contributed by atoms with van der Waals surface area (Å²) >= 11 is 0. The molecule has 1 amide bonds. The van der Waals surface area contributed by atoms with Crippen LogP contribution in [0.3, 0.4) is 0 Å². The monoisotopic (exact) mass is 656 g/mol. The van der Waals surface area contributed by atoms with Crippen LogP contribution in [-0.2, 0) is 17.6 Å². The van der Waals surface area contributed by atoms with Crippen LogP contribution in [0.4, 0.5) is 11.4 Å². The van der Waals surface area contributed by atoms with E-state index in [2.05, 4.69) is 35.1 Å². The zero-order valence-electron chi connectivity index (χ0n) is 28.3. The van der Waals surface area contributed by atoms with Gasteiger partial charge < -0.3 is 46.1 Å². The van der Waals surface area contributed by atoms with Crippen molar-refractivity contribution in [1.29, 1.82) is 0 Å². The number of benzene rings is 4. The van der Waals surface area contributed by atoms with Crippen LogP contribution in [0.1, 0.15) is 55.2 Å². The number of phenols is 2. The Kier molecular flexibility index (Phi) is 13.1. The van der Waals surface area contributed by atoms with Crippen molar-refractivity contribution >= 4 is 17.3 Å². The molecule has 10 nitrogen and oxygen atoms in total. The van der Waals surface area contributed by atoms with Gasteiger partial charge in [-0.15, -0.1) is 0 Å². The third-order valence-corrected chi connectivity index (χ3v) is 8.20. The van der Waals surface area contributed by atoms with E-state index in [1.165, 1.54) is 13.0 Å². The summed E-state index contributed by atoms with van der Waals surface area (Å²) in [5, 5.41) is 45.4. The first-order valence-electron chi connectivity index (χ1n) is 16.1. The van der Waals surface area contributed by atoms with Crippen molar-refractivity contribution < 1.29 is 29.6 Å².